The molecule has 0 aliphatic rings. The van der Waals surface area contributed by atoms with Crippen molar-refractivity contribution in [2.75, 3.05) is 0 Å². The Kier molecular flexibility index (Phi) is 9.26. The Morgan fingerprint density at radius 2 is 0.586 bits per heavy atom. The lowest BCUT2D eigenvalue weighted by Gasteiger charge is -2.24. The van der Waals surface area contributed by atoms with Gasteiger partial charge in [0, 0.05) is 10.8 Å². The number of rotatable bonds is 6. The van der Waals surface area contributed by atoms with Gasteiger partial charge in [0.05, 0.1) is 38.1 Å². The van der Waals surface area contributed by atoms with E-state index in [-0.39, 0.29) is 12.1 Å². The molecular formula is C34H2BF21O2. The van der Waals surface area contributed by atoms with Gasteiger partial charge in [0.2, 0.25) is 17.5 Å². The van der Waals surface area contributed by atoms with Gasteiger partial charge in [-0.25, -0.2) is 83.4 Å². The van der Waals surface area contributed by atoms with Crippen molar-refractivity contribution < 1.29 is 102 Å². The highest BCUT2D eigenvalue weighted by Gasteiger charge is 2.42. The average molecular weight is 852 g/mol. The largest absolute Gasteiger partial charge is 0.635 e. The van der Waals surface area contributed by atoms with Crippen molar-refractivity contribution >= 4 is 44.9 Å². The van der Waals surface area contributed by atoms with Crippen LogP contribution in [0.2, 0.25) is 0 Å². The number of benzene rings is 7. The third kappa shape index (κ3) is 5.21. The van der Waals surface area contributed by atoms with Crippen LogP contribution in [0.15, 0.2) is 12.1 Å². The Hall–Kier alpha value is -6.23. The maximum atomic E-state index is 15.9. The summed E-state index contributed by atoms with van der Waals surface area (Å²) >= 11 is 0. The summed E-state index contributed by atoms with van der Waals surface area (Å²) in [6.45, 7) is 0. The van der Waals surface area contributed by atoms with Crippen LogP contribution in [-0.4, -0.2) is 7.12 Å². The fourth-order valence-corrected chi connectivity index (χ4v) is 6.06. The molecule has 0 radical (unpaired) electrons. The first-order valence-electron chi connectivity index (χ1n) is 14.8. The molecule has 0 heterocycles. The van der Waals surface area contributed by atoms with Crippen LogP contribution in [0.4, 0.5) is 92.2 Å². The predicted molar refractivity (Wildman–Crippen MR) is 154 cm³/mol. The second-order valence-electron chi connectivity index (χ2n) is 11.6. The number of hydrogen-bond donors (Lipinski definition) is 0. The van der Waals surface area contributed by atoms with E-state index in [1.807, 2.05) is 0 Å². The molecule has 0 amide bonds. The molecule has 7 aromatic carbocycles. The van der Waals surface area contributed by atoms with E-state index in [0.29, 0.717) is 0 Å². The van der Waals surface area contributed by atoms with Crippen molar-refractivity contribution in [2.45, 2.75) is 0 Å². The zero-order valence-corrected chi connectivity index (χ0v) is 26.5. The van der Waals surface area contributed by atoms with Crippen LogP contribution in [-0.2, 0) is 0 Å². The van der Waals surface area contributed by atoms with Crippen molar-refractivity contribution in [3.8, 4) is 22.6 Å². The fraction of sp³-hybridized carbons (Fsp3) is 0. The van der Waals surface area contributed by atoms with Crippen LogP contribution in [0, 0.1) is 122 Å². The van der Waals surface area contributed by atoms with Gasteiger partial charge in [0.1, 0.15) is 0 Å². The van der Waals surface area contributed by atoms with Crippen molar-refractivity contribution in [3.63, 3.8) is 0 Å². The van der Waals surface area contributed by atoms with E-state index >= 15 is 39.5 Å². The molecule has 0 bridgehead atoms. The second kappa shape index (κ2) is 13.4. The van der Waals surface area contributed by atoms with Crippen LogP contribution < -0.4 is 14.8 Å². The lowest BCUT2D eigenvalue weighted by atomic mass is 9.77. The molecule has 0 fully saturated rings. The molecule has 0 N–H and O–H groups in total. The topological polar surface area (TPSA) is 18.5 Å². The molecule has 7 rings (SSSR count). The van der Waals surface area contributed by atoms with Crippen molar-refractivity contribution in [3.05, 3.63) is 134 Å². The van der Waals surface area contributed by atoms with Crippen molar-refractivity contribution in [1.82, 2.24) is 0 Å². The van der Waals surface area contributed by atoms with Gasteiger partial charge in [-0.05, 0) is 6.07 Å². The predicted octanol–water partition coefficient (Wildman–Crippen LogP) is 11.0. The summed E-state index contributed by atoms with van der Waals surface area (Å²) in [6, 6.07) is -0.214. The molecule has 2 nitrogen and oxygen atoms in total. The minimum atomic E-state index is -3.77. The summed E-state index contributed by atoms with van der Waals surface area (Å²) in [5, 5.41) is -12.2. The first-order valence-corrected chi connectivity index (χ1v) is 14.8. The molecule has 0 saturated carbocycles. The minimum absolute atomic E-state index is 0.0890. The molecule has 0 spiro atoms. The Balaban J connectivity index is 1.61. The third-order valence-corrected chi connectivity index (χ3v) is 8.63. The van der Waals surface area contributed by atoms with Gasteiger partial charge >= 0.3 is 7.12 Å². The maximum absolute atomic E-state index is 15.9. The van der Waals surface area contributed by atoms with Crippen LogP contribution in [0.1, 0.15) is 0 Å². The highest BCUT2D eigenvalue weighted by Crippen LogP contribution is 2.49. The summed E-state index contributed by atoms with van der Waals surface area (Å²) < 4.78 is 322. The molecule has 58 heavy (non-hydrogen) atoms. The van der Waals surface area contributed by atoms with Gasteiger partial charge in [-0.15, -0.1) is 0 Å². The minimum Gasteiger partial charge on any atom is -0.519 e. The molecule has 0 aliphatic carbocycles. The fourth-order valence-electron chi connectivity index (χ4n) is 6.06. The summed E-state index contributed by atoms with van der Waals surface area (Å²) in [6.07, 6.45) is 0. The Morgan fingerprint density at radius 1 is 0.259 bits per heavy atom. The number of hydrogen-bond acceptors (Lipinski definition) is 2. The standard InChI is InChI=1S/C34H2BF21O2/c36-4-2-1-3(13(37)14(4)38)35(58-34-12(24(48)28(52)30(54)32(34)56)10-20(44)26(50)29(53)27(51)21(10)45)57-33-11-6-5-7(15(39)16(40)9(6)22(46)31(33)55)18(42)25(49)19(43)8(5)17(41)23(11)47/h1-2H. The average Bonchev–Trinajstić information content (AvgIpc) is 3.19. The highest BCUT2D eigenvalue weighted by atomic mass is 19.2. The summed E-state index contributed by atoms with van der Waals surface area (Å²) in [4.78, 5) is 0. The summed E-state index contributed by atoms with van der Waals surface area (Å²) in [5.41, 5.74) is -7.33. The zero-order valence-electron chi connectivity index (χ0n) is 26.5. The van der Waals surface area contributed by atoms with Gasteiger partial charge in [-0.1, -0.05) is 6.07 Å². The Labute approximate surface area is 303 Å². The van der Waals surface area contributed by atoms with E-state index in [9.17, 15) is 52.7 Å². The summed E-state index contributed by atoms with van der Waals surface area (Å²) in [7, 11) is -3.77. The Bertz CT molecular complexity index is 2940. The highest BCUT2D eigenvalue weighted by molar-refractivity contribution is 6.63. The van der Waals surface area contributed by atoms with E-state index in [4.69, 9.17) is 4.65 Å². The van der Waals surface area contributed by atoms with Crippen LogP contribution >= 0.6 is 0 Å². The number of halogens is 21. The molecule has 0 unspecified atom stereocenters. The molecule has 300 valence electrons. The quantitative estimate of drug-likeness (QED) is 0.0546. The van der Waals surface area contributed by atoms with E-state index in [1.54, 1.807) is 0 Å². The van der Waals surface area contributed by atoms with Gasteiger partial charge in [-0.2, -0.15) is 8.78 Å². The molecule has 0 aliphatic heterocycles. The first-order chi connectivity index (χ1) is 27.1. The monoisotopic (exact) mass is 852 g/mol. The van der Waals surface area contributed by atoms with Crippen LogP contribution in [0.25, 0.3) is 43.4 Å². The van der Waals surface area contributed by atoms with Gasteiger partial charge in [-0.3, -0.25) is 0 Å². The maximum Gasteiger partial charge on any atom is 0.635 e. The smallest absolute Gasteiger partial charge is 0.519 e. The molecular weight excluding hydrogens is 850 g/mol. The van der Waals surface area contributed by atoms with Gasteiger partial charge in [0.15, 0.2) is 116 Å². The molecule has 0 saturated heterocycles. The Morgan fingerprint density at radius 3 is 1.09 bits per heavy atom. The zero-order chi connectivity index (χ0) is 42.9. The molecule has 7 aromatic rings. The van der Waals surface area contributed by atoms with E-state index in [0.717, 1.165) is 0 Å². The van der Waals surface area contributed by atoms with E-state index < -0.39 is 190 Å². The lowest BCUT2D eigenvalue weighted by molar-refractivity contribution is 0.361. The van der Waals surface area contributed by atoms with Crippen LogP contribution in [0.3, 0.4) is 0 Å². The second-order valence-corrected chi connectivity index (χ2v) is 11.6. The molecule has 0 atom stereocenters. The first kappa shape index (κ1) is 40.0. The van der Waals surface area contributed by atoms with Crippen LogP contribution in [0.5, 0.6) is 11.5 Å². The SMILES string of the molecule is Fc1ccc(B(Oc2c(F)c(F)c(F)c(F)c2-c2c(F)c(F)c(F)c(F)c2F)Oc2c(F)c(F)c3c(F)c(F)c4c(F)c(F)c(F)c5c(F)c(F)c2c3c45)c(F)c1F. The van der Waals surface area contributed by atoms with Gasteiger partial charge in [0.25, 0.3) is 0 Å². The van der Waals surface area contributed by atoms with Gasteiger partial charge < -0.3 is 9.31 Å². The third-order valence-electron chi connectivity index (χ3n) is 8.63. The molecule has 24 heteroatoms. The normalized spacial score (nSPS) is 11.9. The van der Waals surface area contributed by atoms with Crippen molar-refractivity contribution in [2.24, 2.45) is 0 Å². The lowest BCUT2D eigenvalue weighted by Crippen LogP contribution is -2.46. The van der Waals surface area contributed by atoms with E-state index in [1.165, 1.54) is 0 Å². The van der Waals surface area contributed by atoms with Crippen molar-refractivity contribution in [1.29, 1.82) is 0 Å². The van der Waals surface area contributed by atoms with E-state index in [2.05, 4.69) is 4.65 Å². The molecule has 0 aromatic heterocycles. The summed E-state index contributed by atoms with van der Waals surface area (Å²) in [5.74, 6) is -65.2.